The van der Waals surface area contributed by atoms with Crippen molar-refractivity contribution in [3.05, 3.63) is 36.5 Å². The van der Waals surface area contributed by atoms with Crippen LogP contribution >= 0.6 is 0 Å². The molecule has 28 heavy (non-hydrogen) atoms. The average Bonchev–Trinajstić information content (AvgIpc) is 3.18. The van der Waals surface area contributed by atoms with Gasteiger partial charge in [0.15, 0.2) is 0 Å². The van der Waals surface area contributed by atoms with Gasteiger partial charge in [0, 0.05) is 24.1 Å². The molecule has 0 bridgehead atoms. The van der Waals surface area contributed by atoms with Crippen molar-refractivity contribution in [1.29, 1.82) is 0 Å². The smallest absolute Gasteiger partial charge is 0.230 e. The molecule has 3 rings (SSSR count). The average molecular weight is 383 g/mol. The summed E-state index contributed by atoms with van der Waals surface area (Å²) < 4.78 is 1.84. The lowest BCUT2D eigenvalue weighted by Crippen LogP contribution is -2.42. The molecule has 1 aromatic heterocycles. The first-order valence-electron chi connectivity index (χ1n) is 9.74. The lowest BCUT2D eigenvalue weighted by Gasteiger charge is -2.32. The van der Waals surface area contributed by atoms with Gasteiger partial charge in [0.2, 0.25) is 11.8 Å². The highest BCUT2D eigenvalue weighted by atomic mass is 16.2. The van der Waals surface area contributed by atoms with Crippen LogP contribution in [-0.4, -0.2) is 38.6 Å². The van der Waals surface area contributed by atoms with Gasteiger partial charge in [0.25, 0.3) is 0 Å². The summed E-state index contributed by atoms with van der Waals surface area (Å²) in [6.45, 7) is 12.6. The summed E-state index contributed by atoms with van der Waals surface area (Å²) in [7, 11) is 0. The van der Waals surface area contributed by atoms with Gasteiger partial charge in [-0.15, -0.1) is 0 Å². The number of likely N-dealkylation sites (tertiary alicyclic amines) is 1. The lowest BCUT2D eigenvalue weighted by molar-refractivity contribution is -0.131. The number of hydrogen-bond acceptors (Lipinski definition) is 3. The Morgan fingerprint density at radius 2 is 1.71 bits per heavy atom. The van der Waals surface area contributed by atoms with Gasteiger partial charge in [-0.25, -0.2) is 4.68 Å². The van der Waals surface area contributed by atoms with Crippen LogP contribution in [-0.2, 0) is 15.1 Å². The molecular weight excluding hydrogens is 352 g/mol. The summed E-state index contributed by atoms with van der Waals surface area (Å²) in [5.74, 6) is 0.201. The number of anilines is 1. The zero-order chi connectivity index (χ0) is 20.7. The van der Waals surface area contributed by atoms with Crippen molar-refractivity contribution < 1.29 is 9.59 Å². The standard InChI is InChI=1S/C22H30N4O2/c1-21(2,3)25-14-16(12-18(25)27)20(28)24-19-17(15-10-8-7-9-11-15)13-23-26(19)22(4,5)6/h7-11,13,16H,12,14H2,1-6H3,(H,24,28). The van der Waals surface area contributed by atoms with Crippen LogP contribution in [0.5, 0.6) is 0 Å². The van der Waals surface area contributed by atoms with Crippen LogP contribution in [0.15, 0.2) is 36.5 Å². The van der Waals surface area contributed by atoms with Crippen molar-refractivity contribution in [1.82, 2.24) is 14.7 Å². The van der Waals surface area contributed by atoms with E-state index in [1.165, 1.54) is 0 Å². The van der Waals surface area contributed by atoms with Gasteiger partial charge in [-0.3, -0.25) is 9.59 Å². The third-order valence-electron chi connectivity index (χ3n) is 5.04. The number of amides is 2. The Morgan fingerprint density at radius 3 is 2.25 bits per heavy atom. The van der Waals surface area contributed by atoms with Crippen molar-refractivity contribution in [2.75, 3.05) is 11.9 Å². The van der Waals surface area contributed by atoms with Crippen molar-refractivity contribution in [2.45, 2.75) is 59.0 Å². The highest BCUT2D eigenvalue weighted by Crippen LogP contribution is 2.33. The number of nitrogens with one attached hydrogen (secondary N) is 1. The van der Waals surface area contributed by atoms with Crippen LogP contribution in [0.4, 0.5) is 5.82 Å². The van der Waals surface area contributed by atoms with Crippen molar-refractivity contribution in [3.63, 3.8) is 0 Å². The van der Waals surface area contributed by atoms with Crippen LogP contribution < -0.4 is 5.32 Å². The molecule has 1 aromatic carbocycles. The number of hydrogen-bond donors (Lipinski definition) is 1. The molecule has 6 nitrogen and oxygen atoms in total. The summed E-state index contributed by atoms with van der Waals surface area (Å²) >= 11 is 0. The summed E-state index contributed by atoms with van der Waals surface area (Å²) in [6.07, 6.45) is 2.03. The van der Waals surface area contributed by atoms with E-state index < -0.39 is 0 Å². The van der Waals surface area contributed by atoms with E-state index in [1.807, 2.05) is 76.6 Å². The minimum Gasteiger partial charge on any atom is -0.337 e. The van der Waals surface area contributed by atoms with E-state index >= 15 is 0 Å². The lowest BCUT2D eigenvalue weighted by atomic mass is 10.0. The maximum Gasteiger partial charge on any atom is 0.230 e. The third kappa shape index (κ3) is 3.96. The van der Waals surface area contributed by atoms with Gasteiger partial charge >= 0.3 is 0 Å². The summed E-state index contributed by atoms with van der Waals surface area (Å²) in [5, 5.41) is 7.62. The zero-order valence-electron chi connectivity index (χ0n) is 17.6. The molecule has 150 valence electrons. The SMILES string of the molecule is CC(C)(C)N1CC(C(=O)Nc2c(-c3ccccc3)cnn2C(C)(C)C)CC1=O. The van der Waals surface area contributed by atoms with Crippen LogP contribution in [0, 0.1) is 5.92 Å². The van der Waals surface area contributed by atoms with E-state index in [0.717, 1.165) is 11.1 Å². The number of rotatable bonds is 3. The van der Waals surface area contributed by atoms with E-state index in [-0.39, 0.29) is 35.2 Å². The molecule has 0 saturated carbocycles. The van der Waals surface area contributed by atoms with Crippen LogP contribution in [0.1, 0.15) is 48.0 Å². The van der Waals surface area contributed by atoms with Gasteiger partial charge in [-0.2, -0.15) is 5.10 Å². The van der Waals surface area contributed by atoms with Crippen LogP contribution in [0.25, 0.3) is 11.1 Å². The molecule has 1 atom stereocenters. The predicted octanol–water partition coefficient (Wildman–Crippen LogP) is 3.89. The highest BCUT2D eigenvalue weighted by molar-refractivity contribution is 5.99. The zero-order valence-corrected chi connectivity index (χ0v) is 17.6. The topological polar surface area (TPSA) is 67.2 Å². The summed E-state index contributed by atoms with van der Waals surface area (Å²) in [5.41, 5.74) is 1.29. The molecule has 1 saturated heterocycles. The molecule has 1 aliphatic heterocycles. The van der Waals surface area contributed by atoms with Gasteiger partial charge in [-0.1, -0.05) is 30.3 Å². The number of nitrogens with zero attached hydrogens (tertiary/aromatic N) is 3. The first-order chi connectivity index (χ1) is 13.0. The molecule has 0 aliphatic carbocycles. The number of aromatic nitrogens is 2. The van der Waals surface area contributed by atoms with E-state index in [2.05, 4.69) is 10.4 Å². The van der Waals surface area contributed by atoms with Gasteiger partial charge in [0.05, 0.1) is 17.7 Å². The molecular formula is C22H30N4O2. The van der Waals surface area contributed by atoms with Crippen molar-refractivity contribution in [3.8, 4) is 11.1 Å². The second kappa shape index (κ2) is 7.08. The van der Waals surface area contributed by atoms with Crippen molar-refractivity contribution in [2.24, 2.45) is 5.92 Å². The fourth-order valence-corrected chi connectivity index (χ4v) is 3.56. The number of carbonyl (C=O) groups is 2. The molecule has 2 aromatic rings. The maximum atomic E-state index is 13.1. The number of carbonyl (C=O) groups excluding carboxylic acids is 2. The molecule has 1 N–H and O–H groups in total. The molecule has 1 unspecified atom stereocenters. The van der Waals surface area contributed by atoms with E-state index in [9.17, 15) is 9.59 Å². The van der Waals surface area contributed by atoms with Crippen molar-refractivity contribution >= 4 is 17.6 Å². The maximum absolute atomic E-state index is 13.1. The van der Waals surface area contributed by atoms with E-state index in [0.29, 0.717) is 12.4 Å². The second-order valence-corrected chi connectivity index (χ2v) is 9.42. The highest BCUT2D eigenvalue weighted by Gasteiger charge is 2.40. The Hall–Kier alpha value is -2.63. The Kier molecular flexibility index (Phi) is 5.08. The number of benzene rings is 1. The fourth-order valence-electron chi connectivity index (χ4n) is 3.56. The monoisotopic (exact) mass is 382 g/mol. The molecule has 0 spiro atoms. The summed E-state index contributed by atoms with van der Waals surface area (Å²) in [6, 6.07) is 9.89. The predicted molar refractivity (Wildman–Crippen MR) is 111 cm³/mol. The summed E-state index contributed by atoms with van der Waals surface area (Å²) in [4.78, 5) is 27.2. The fraction of sp³-hybridized carbons (Fsp3) is 0.500. The Bertz CT molecular complexity index is 872. The molecule has 1 fully saturated rings. The van der Waals surface area contributed by atoms with Gasteiger partial charge < -0.3 is 10.2 Å². The minimum atomic E-state index is -0.362. The molecule has 2 amide bonds. The second-order valence-electron chi connectivity index (χ2n) is 9.42. The molecule has 0 radical (unpaired) electrons. The van der Waals surface area contributed by atoms with Crippen LogP contribution in [0.3, 0.4) is 0 Å². The third-order valence-corrected chi connectivity index (χ3v) is 5.04. The minimum absolute atomic E-state index is 0.0280. The first-order valence-corrected chi connectivity index (χ1v) is 9.74. The van der Waals surface area contributed by atoms with E-state index in [4.69, 9.17) is 0 Å². The molecule has 6 heteroatoms. The Labute approximate surface area is 166 Å². The first kappa shape index (κ1) is 20.1. The molecule has 2 heterocycles. The van der Waals surface area contributed by atoms with Crippen LogP contribution in [0.2, 0.25) is 0 Å². The quantitative estimate of drug-likeness (QED) is 0.876. The largest absolute Gasteiger partial charge is 0.337 e. The molecule has 1 aliphatic rings. The van der Waals surface area contributed by atoms with Gasteiger partial charge in [-0.05, 0) is 47.1 Å². The van der Waals surface area contributed by atoms with E-state index in [1.54, 1.807) is 11.1 Å². The Balaban J connectivity index is 1.90. The Morgan fingerprint density at radius 1 is 1.07 bits per heavy atom. The van der Waals surface area contributed by atoms with Gasteiger partial charge in [0.1, 0.15) is 5.82 Å². The normalized spacial score (nSPS) is 17.9.